The number of rotatable bonds is 4. The SMILES string of the molecule is COc1ccccc1[C@H](O)C[C@H](N)C(F)(F)F. The fraction of sp³-hybridized carbons (Fsp3) is 0.455. The topological polar surface area (TPSA) is 55.5 Å². The number of ether oxygens (including phenoxy) is 1. The molecule has 0 heterocycles. The van der Waals surface area contributed by atoms with Crippen LogP contribution in [0.4, 0.5) is 13.2 Å². The number of nitrogens with two attached hydrogens (primary N) is 1. The average molecular weight is 249 g/mol. The molecule has 0 unspecified atom stereocenters. The predicted octanol–water partition coefficient (Wildman–Crippen LogP) is 2.01. The summed E-state index contributed by atoms with van der Waals surface area (Å²) in [5.41, 5.74) is 5.26. The fourth-order valence-electron chi connectivity index (χ4n) is 1.44. The van der Waals surface area contributed by atoms with Crippen molar-refractivity contribution >= 4 is 0 Å². The molecule has 3 nitrogen and oxygen atoms in total. The van der Waals surface area contributed by atoms with Crippen LogP contribution in [-0.4, -0.2) is 24.4 Å². The van der Waals surface area contributed by atoms with Gasteiger partial charge in [0, 0.05) is 12.0 Å². The van der Waals surface area contributed by atoms with E-state index in [1.165, 1.54) is 13.2 Å². The molecule has 0 aliphatic heterocycles. The second kappa shape index (κ2) is 5.37. The molecule has 0 aliphatic rings. The van der Waals surface area contributed by atoms with Crippen molar-refractivity contribution in [3.05, 3.63) is 29.8 Å². The molecule has 0 spiro atoms. The van der Waals surface area contributed by atoms with Crippen molar-refractivity contribution in [2.75, 3.05) is 7.11 Å². The molecule has 96 valence electrons. The summed E-state index contributed by atoms with van der Waals surface area (Å²) in [6, 6.07) is 4.30. The van der Waals surface area contributed by atoms with E-state index in [0.717, 1.165) is 0 Å². The number of aliphatic hydroxyl groups is 1. The number of aliphatic hydroxyl groups excluding tert-OH is 1. The molecular formula is C11H14F3NO2. The van der Waals surface area contributed by atoms with Gasteiger partial charge in [-0.25, -0.2) is 0 Å². The monoisotopic (exact) mass is 249 g/mol. The molecule has 0 radical (unpaired) electrons. The standard InChI is InChI=1S/C11H14F3NO2/c1-17-9-5-3-2-4-7(9)8(16)6-10(15)11(12,13)14/h2-5,8,10,16H,6,15H2,1H3/t8-,10+/m1/s1. The third-order valence-electron chi connectivity index (χ3n) is 2.40. The van der Waals surface area contributed by atoms with Crippen LogP contribution in [-0.2, 0) is 0 Å². The minimum Gasteiger partial charge on any atom is -0.496 e. The van der Waals surface area contributed by atoms with E-state index >= 15 is 0 Å². The molecule has 0 fully saturated rings. The number of hydrogen-bond acceptors (Lipinski definition) is 3. The largest absolute Gasteiger partial charge is 0.496 e. The van der Waals surface area contributed by atoms with Crippen LogP contribution in [0.5, 0.6) is 5.75 Å². The third kappa shape index (κ3) is 3.61. The van der Waals surface area contributed by atoms with E-state index in [-0.39, 0.29) is 0 Å². The molecule has 0 amide bonds. The molecule has 0 aromatic heterocycles. The van der Waals surface area contributed by atoms with Gasteiger partial charge in [0.05, 0.1) is 13.2 Å². The number of halogens is 3. The highest BCUT2D eigenvalue weighted by Gasteiger charge is 2.38. The molecule has 1 aromatic rings. The maximum absolute atomic E-state index is 12.2. The quantitative estimate of drug-likeness (QED) is 0.858. The molecule has 3 N–H and O–H groups in total. The maximum atomic E-state index is 12.2. The summed E-state index contributed by atoms with van der Waals surface area (Å²) in [5, 5.41) is 9.71. The average Bonchev–Trinajstić information content (AvgIpc) is 2.27. The van der Waals surface area contributed by atoms with Crippen LogP contribution in [0.1, 0.15) is 18.1 Å². The normalized spacial score (nSPS) is 15.4. The number of methoxy groups -OCH3 is 1. The van der Waals surface area contributed by atoms with Gasteiger partial charge in [-0.3, -0.25) is 0 Å². The first-order chi connectivity index (χ1) is 7.86. The van der Waals surface area contributed by atoms with Gasteiger partial charge < -0.3 is 15.6 Å². The van der Waals surface area contributed by atoms with Gasteiger partial charge in [0.15, 0.2) is 0 Å². The van der Waals surface area contributed by atoms with Crippen LogP contribution < -0.4 is 10.5 Å². The van der Waals surface area contributed by atoms with Gasteiger partial charge in [0.1, 0.15) is 11.8 Å². The first-order valence-electron chi connectivity index (χ1n) is 4.99. The second-order valence-corrected chi connectivity index (χ2v) is 3.64. The lowest BCUT2D eigenvalue weighted by molar-refractivity contribution is -0.153. The van der Waals surface area contributed by atoms with Gasteiger partial charge in [-0.1, -0.05) is 18.2 Å². The molecule has 2 atom stereocenters. The van der Waals surface area contributed by atoms with Gasteiger partial charge >= 0.3 is 6.18 Å². The predicted molar refractivity (Wildman–Crippen MR) is 56.6 cm³/mol. The minimum absolute atomic E-state index is 0.301. The van der Waals surface area contributed by atoms with Crippen molar-refractivity contribution in [1.82, 2.24) is 0 Å². The van der Waals surface area contributed by atoms with Crippen LogP contribution in [0.15, 0.2) is 24.3 Å². The maximum Gasteiger partial charge on any atom is 0.403 e. The van der Waals surface area contributed by atoms with E-state index in [9.17, 15) is 18.3 Å². The summed E-state index contributed by atoms with van der Waals surface area (Å²) in [7, 11) is 1.38. The van der Waals surface area contributed by atoms with E-state index < -0.39 is 24.7 Å². The highest BCUT2D eigenvalue weighted by atomic mass is 19.4. The highest BCUT2D eigenvalue weighted by molar-refractivity contribution is 5.35. The Morgan fingerprint density at radius 2 is 1.94 bits per heavy atom. The van der Waals surface area contributed by atoms with Crippen LogP contribution in [0.3, 0.4) is 0 Å². The Balaban J connectivity index is 2.79. The zero-order valence-corrected chi connectivity index (χ0v) is 9.24. The number of para-hydroxylation sites is 1. The van der Waals surface area contributed by atoms with E-state index in [4.69, 9.17) is 10.5 Å². The molecule has 1 rings (SSSR count). The summed E-state index contributed by atoms with van der Waals surface area (Å²) < 4.78 is 41.7. The van der Waals surface area contributed by atoms with Crippen molar-refractivity contribution in [2.24, 2.45) is 5.73 Å². The molecule has 0 saturated carbocycles. The zero-order valence-electron chi connectivity index (χ0n) is 9.24. The molecule has 6 heteroatoms. The smallest absolute Gasteiger partial charge is 0.403 e. The lowest BCUT2D eigenvalue weighted by Crippen LogP contribution is -2.38. The van der Waals surface area contributed by atoms with Crippen molar-refractivity contribution < 1.29 is 23.0 Å². The third-order valence-corrected chi connectivity index (χ3v) is 2.40. The second-order valence-electron chi connectivity index (χ2n) is 3.64. The van der Waals surface area contributed by atoms with Gasteiger partial charge in [-0.15, -0.1) is 0 Å². The first kappa shape index (κ1) is 13.8. The minimum atomic E-state index is -4.51. The van der Waals surface area contributed by atoms with Gasteiger partial charge in [-0.05, 0) is 6.07 Å². The Hall–Kier alpha value is -1.27. The number of benzene rings is 1. The Bertz CT molecular complexity index is 368. The Labute approximate surface area is 97.0 Å². The van der Waals surface area contributed by atoms with Crippen LogP contribution in [0.2, 0.25) is 0 Å². The molecule has 0 bridgehead atoms. The molecular weight excluding hydrogens is 235 g/mol. The van der Waals surface area contributed by atoms with Gasteiger partial charge in [-0.2, -0.15) is 13.2 Å². The number of hydrogen-bond donors (Lipinski definition) is 2. The molecule has 17 heavy (non-hydrogen) atoms. The van der Waals surface area contributed by atoms with Crippen molar-refractivity contribution in [3.8, 4) is 5.75 Å². The highest BCUT2D eigenvalue weighted by Crippen LogP contribution is 2.31. The van der Waals surface area contributed by atoms with Gasteiger partial charge in [0.25, 0.3) is 0 Å². The van der Waals surface area contributed by atoms with Crippen molar-refractivity contribution in [1.29, 1.82) is 0 Å². The summed E-state index contributed by atoms with van der Waals surface area (Å²) in [6.45, 7) is 0. The van der Waals surface area contributed by atoms with Gasteiger partial charge in [0.2, 0.25) is 0 Å². The zero-order chi connectivity index (χ0) is 13.1. The van der Waals surface area contributed by atoms with E-state index in [0.29, 0.717) is 11.3 Å². The fourth-order valence-corrected chi connectivity index (χ4v) is 1.44. The Morgan fingerprint density at radius 3 is 2.47 bits per heavy atom. The van der Waals surface area contributed by atoms with Crippen LogP contribution in [0.25, 0.3) is 0 Å². The van der Waals surface area contributed by atoms with Crippen molar-refractivity contribution in [2.45, 2.75) is 24.7 Å². The van der Waals surface area contributed by atoms with E-state index in [1.807, 2.05) is 0 Å². The summed E-state index contributed by atoms with van der Waals surface area (Å²) in [6.07, 6.45) is -6.41. The first-order valence-corrected chi connectivity index (χ1v) is 4.99. The Kier molecular flexibility index (Phi) is 4.36. The molecule has 0 aliphatic carbocycles. The molecule has 0 saturated heterocycles. The van der Waals surface area contributed by atoms with Crippen LogP contribution >= 0.6 is 0 Å². The summed E-state index contributed by atoms with van der Waals surface area (Å²) in [4.78, 5) is 0. The lowest BCUT2D eigenvalue weighted by Gasteiger charge is -2.20. The van der Waals surface area contributed by atoms with E-state index in [1.54, 1.807) is 18.2 Å². The Morgan fingerprint density at radius 1 is 1.35 bits per heavy atom. The van der Waals surface area contributed by atoms with E-state index in [2.05, 4.69) is 0 Å². The van der Waals surface area contributed by atoms with Crippen molar-refractivity contribution in [3.63, 3.8) is 0 Å². The summed E-state index contributed by atoms with van der Waals surface area (Å²) in [5.74, 6) is 0.342. The lowest BCUT2D eigenvalue weighted by atomic mass is 10.0. The van der Waals surface area contributed by atoms with Crippen LogP contribution in [0, 0.1) is 0 Å². The summed E-state index contributed by atoms with van der Waals surface area (Å²) >= 11 is 0. The molecule has 1 aromatic carbocycles. The number of alkyl halides is 3.